The second-order valence-corrected chi connectivity index (χ2v) is 9.18. The molecule has 2 aromatic carbocycles. The van der Waals surface area contributed by atoms with Crippen LogP contribution in [0.2, 0.25) is 0 Å². The summed E-state index contributed by atoms with van der Waals surface area (Å²) < 4.78 is 0. The minimum atomic E-state index is 0.0285. The number of ketones is 2. The molecule has 0 radical (unpaired) electrons. The summed E-state index contributed by atoms with van der Waals surface area (Å²) in [6.45, 7) is 8.39. The van der Waals surface area contributed by atoms with Gasteiger partial charge in [-0.25, -0.2) is 0 Å². The van der Waals surface area contributed by atoms with Crippen LogP contribution in [0.3, 0.4) is 0 Å². The predicted molar refractivity (Wildman–Crippen MR) is 126 cm³/mol. The normalized spacial score (nSPS) is 11.3. The van der Waals surface area contributed by atoms with Gasteiger partial charge in [0.1, 0.15) is 0 Å². The molecule has 2 aromatic rings. The van der Waals surface area contributed by atoms with Crippen molar-refractivity contribution in [1.82, 2.24) is 0 Å². The molecule has 30 heavy (non-hydrogen) atoms. The van der Waals surface area contributed by atoms with Crippen LogP contribution in [0.15, 0.2) is 48.5 Å². The Bertz CT molecular complexity index is 782. The third-order valence-corrected chi connectivity index (χ3v) is 5.65. The van der Waals surface area contributed by atoms with Crippen molar-refractivity contribution >= 4 is 11.6 Å². The third kappa shape index (κ3) is 8.26. The van der Waals surface area contributed by atoms with Crippen LogP contribution in [0.4, 0.5) is 0 Å². The predicted octanol–water partition coefficient (Wildman–Crippen LogP) is 7.49. The van der Waals surface area contributed by atoms with Crippen molar-refractivity contribution in [2.45, 2.75) is 79.1 Å². The molecule has 0 spiro atoms. The zero-order chi connectivity index (χ0) is 21.9. The summed E-state index contributed by atoms with van der Waals surface area (Å²) in [7, 11) is 0. The summed E-state index contributed by atoms with van der Waals surface area (Å²) in [5.41, 5.74) is 4.17. The second-order valence-electron chi connectivity index (χ2n) is 9.18. The average Bonchev–Trinajstić information content (AvgIpc) is 2.74. The van der Waals surface area contributed by atoms with Crippen LogP contribution in [0.25, 0.3) is 0 Å². The van der Waals surface area contributed by atoms with Crippen molar-refractivity contribution in [3.8, 4) is 0 Å². The third-order valence-electron chi connectivity index (χ3n) is 5.65. The van der Waals surface area contributed by atoms with E-state index in [0.29, 0.717) is 6.42 Å². The SMILES string of the molecule is CC(C)CCCCc1ccc(C(=O)CCCCc2ccc(C(=O)C(C)C)cc2)cc1. The molecule has 0 aliphatic carbocycles. The van der Waals surface area contributed by atoms with Gasteiger partial charge in [-0.1, -0.05) is 89.1 Å². The fourth-order valence-electron chi connectivity index (χ4n) is 3.67. The molecule has 0 unspecified atom stereocenters. The molecule has 162 valence electrons. The van der Waals surface area contributed by atoms with E-state index in [4.69, 9.17) is 0 Å². The van der Waals surface area contributed by atoms with E-state index in [1.807, 2.05) is 50.2 Å². The van der Waals surface area contributed by atoms with Crippen molar-refractivity contribution in [3.63, 3.8) is 0 Å². The highest BCUT2D eigenvalue weighted by Crippen LogP contribution is 2.15. The van der Waals surface area contributed by atoms with Crippen molar-refractivity contribution in [2.75, 3.05) is 0 Å². The van der Waals surface area contributed by atoms with Gasteiger partial charge in [-0.2, -0.15) is 0 Å². The second kappa shape index (κ2) is 12.5. The first-order valence-corrected chi connectivity index (χ1v) is 11.6. The van der Waals surface area contributed by atoms with Crippen LogP contribution in [0.1, 0.15) is 98.1 Å². The topological polar surface area (TPSA) is 34.1 Å². The van der Waals surface area contributed by atoms with Gasteiger partial charge in [-0.05, 0) is 49.1 Å². The lowest BCUT2D eigenvalue weighted by molar-refractivity contribution is 0.0938. The molecule has 0 fully saturated rings. The number of rotatable bonds is 13. The van der Waals surface area contributed by atoms with Gasteiger partial charge < -0.3 is 0 Å². The van der Waals surface area contributed by atoms with E-state index in [2.05, 4.69) is 26.0 Å². The zero-order valence-corrected chi connectivity index (χ0v) is 19.2. The summed E-state index contributed by atoms with van der Waals surface area (Å²) >= 11 is 0. The number of Topliss-reactive ketones (excluding diaryl/α,β-unsaturated/α-hetero) is 2. The van der Waals surface area contributed by atoms with Gasteiger partial charge >= 0.3 is 0 Å². The number of benzene rings is 2. The van der Waals surface area contributed by atoms with E-state index in [-0.39, 0.29) is 17.5 Å². The Kier molecular flexibility index (Phi) is 10.00. The molecule has 0 aliphatic heterocycles. The van der Waals surface area contributed by atoms with E-state index in [0.717, 1.165) is 42.7 Å². The molecule has 2 heteroatoms. The lowest BCUT2D eigenvalue weighted by atomic mass is 9.97. The summed E-state index contributed by atoms with van der Waals surface area (Å²) in [6, 6.07) is 16.1. The zero-order valence-electron chi connectivity index (χ0n) is 19.2. The van der Waals surface area contributed by atoms with Crippen LogP contribution in [-0.2, 0) is 12.8 Å². The molecular formula is C28H38O2. The van der Waals surface area contributed by atoms with E-state index < -0.39 is 0 Å². The Morgan fingerprint density at radius 2 is 1.17 bits per heavy atom. The fraction of sp³-hybridized carbons (Fsp3) is 0.500. The summed E-state index contributed by atoms with van der Waals surface area (Å²) in [5.74, 6) is 1.23. The number of hydrogen-bond acceptors (Lipinski definition) is 2. The van der Waals surface area contributed by atoms with Crippen molar-refractivity contribution in [3.05, 3.63) is 70.8 Å². The molecule has 2 rings (SSSR count). The van der Waals surface area contributed by atoms with Gasteiger partial charge in [0.05, 0.1) is 0 Å². The largest absolute Gasteiger partial charge is 0.294 e. The molecule has 0 N–H and O–H groups in total. The Morgan fingerprint density at radius 1 is 0.667 bits per heavy atom. The minimum Gasteiger partial charge on any atom is -0.294 e. The van der Waals surface area contributed by atoms with Gasteiger partial charge in [-0.3, -0.25) is 9.59 Å². The van der Waals surface area contributed by atoms with Crippen LogP contribution in [0, 0.1) is 11.8 Å². The molecular weight excluding hydrogens is 368 g/mol. The summed E-state index contributed by atoms with van der Waals surface area (Å²) in [4.78, 5) is 24.4. The highest BCUT2D eigenvalue weighted by atomic mass is 16.1. The van der Waals surface area contributed by atoms with Crippen molar-refractivity contribution in [2.24, 2.45) is 11.8 Å². The number of aryl methyl sites for hydroxylation is 2. The van der Waals surface area contributed by atoms with Crippen LogP contribution < -0.4 is 0 Å². The Labute approximate surface area is 183 Å². The van der Waals surface area contributed by atoms with E-state index in [1.54, 1.807) is 0 Å². The smallest absolute Gasteiger partial charge is 0.165 e. The molecule has 0 amide bonds. The van der Waals surface area contributed by atoms with Gasteiger partial charge in [0.2, 0.25) is 0 Å². The molecule has 0 aromatic heterocycles. The van der Waals surface area contributed by atoms with Crippen LogP contribution in [-0.4, -0.2) is 11.6 Å². The van der Waals surface area contributed by atoms with Gasteiger partial charge in [0, 0.05) is 23.5 Å². The molecule has 0 heterocycles. The number of hydrogen-bond donors (Lipinski definition) is 0. The maximum Gasteiger partial charge on any atom is 0.165 e. The van der Waals surface area contributed by atoms with Gasteiger partial charge in [0.25, 0.3) is 0 Å². The maximum absolute atomic E-state index is 12.4. The van der Waals surface area contributed by atoms with E-state index >= 15 is 0 Å². The number of unbranched alkanes of at least 4 members (excludes halogenated alkanes) is 2. The maximum atomic E-state index is 12.4. The first-order valence-electron chi connectivity index (χ1n) is 11.6. The lowest BCUT2D eigenvalue weighted by Crippen LogP contribution is -2.07. The van der Waals surface area contributed by atoms with Gasteiger partial charge in [-0.15, -0.1) is 0 Å². The average molecular weight is 407 g/mol. The van der Waals surface area contributed by atoms with Crippen LogP contribution >= 0.6 is 0 Å². The van der Waals surface area contributed by atoms with Crippen LogP contribution in [0.5, 0.6) is 0 Å². The minimum absolute atomic E-state index is 0.0285. The molecule has 2 nitrogen and oxygen atoms in total. The molecule has 0 bridgehead atoms. The summed E-state index contributed by atoms with van der Waals surface area (Å²) in [5, 5.41) is 0. The molecule has 0 saturated carbocycles. The lowest BCUT2D eigenvalue weighted by Gasteiger charge is -2.07. The number of carbonyl (C=O) groups excluding carboxylic acids is 2. The quantitative estimate of drug-likeness (QED) is 0.255. The highest BCUT2D eigenvalue weighted by Gasteiger charge is 2.10. The standard InChI is InChI=1S/C28H38O2/c1-21(2)9-5-6-10-23-13-17-25(18-14-23)27(29)12-8-7-11-24-15-19-26(20-16-24)28(30)22(3)4/h13-22H,5-12H2,1-4H3. The Morgan fingerprint density at radius 3 is 1.67 bits per heavy atom. The molecule has 0 aliphatic rings. The fourth-order valence-corrected chi connectivity index (χ4v) is 3.67. The Balaban J connectivity index is 1.70. The molecule has 0 saturated heterocycles. The van der Waals surface area contributed by atoms with E-state index in [1.165, 1.54) is 30.4 Å². The first-order chi connectivity index (χ1) is 14.4. The summed E-state index contributed by atoms with van der Waals surface area (Å²) in [6.07, 6.45) is 8.29. The monoisotopic (exact) mass is 406 g/mol. The number of carbonyl (C=O) groups is 2. The van der Waals surface area contributed by atoms with Crippen molar-refractivity contribution < 1.29 is 9.59 Å². The molecule has 0 atom stereocenters. The Hall–Kier alpha value is -2.22. The first kappa shape index (κ1) is 24.1. The van der Waals surface area contributed by atoms with Crippen molar-refractivity contribution in [1.29, 1.82) is 0 Å². The van der Waals surface area contributed by atoms with E-state index in [9.17, 15) is 9.59 Å². The van der Waals surface area contributed by atoms with Gasteiger partial charge in [0.15, 0.2) is 11.6 Å². The highest BCUT2D eigenvalue weighted by molar-refractivity contribution is 5.97.